The molecule has 0 aliphatic heterocycles. The molecular weight excluding hydrogens is 182 g/mol. The van der Waals surface area contributed by atoms with Crippen LogP contribution in [-0.4, -0.2) is 12.8 Å². The number of benzene rings is 1. The minimum Gasteiger partial charge on any atom is -0.256 e. The molecule has 0 saturated carbocycles. The molecule has 2 nitrogen and oxygen atoms in total. The number of hydrogen-bond donors (Lipinski definition) is 0. The van der Waals surface area contributed by atoms with Crippen LogP contribution >= 0.6 is 0 Å². The molecule has 14 heavy (non-hydrogen) atoms. The van der Waals surface area contributed by atoms with Crippen LogP contribution in [0.25, 0.3) is 10.9 Å². The van der Waals surface area contributed by atoms with Gasteiger partial charge in [0.05, 0.1) is 13.4 Å². The Kier molecular flexibility index (Phi) is 7.13. The summed E-state index contributed by atoms with van der Waals surface area (Å²) >= 11 is 0. The molecule has 0 atom stereocenters. The Balaban J connectivity index is 0.000000381. The molecule has 0 radical (unpaired) electrons. The number of fused-ring (bicyclic) bond motifs is 1. The van der Waals surface area contributed by atoms with Gasteiger partial charge < -0.3 is 0 Å². The minimum absolute atomic E-state index is 0. The van der Waals surface area contributed by atoms with Crippen molar-refractivity contribution in [3.63, 3.8) is 0 Å². The first kappa shape index (κ1) is 13.2. The number of nitriles is 1. The zero-order valence-corrected chi connectivity index (χ0v) is 9.44. The van der Waals surface area contributed by atoms with Crippen LogP contribution in [0.4, 0.5) is 0 Å². The Bertz CT molecular complexity index is 360. The van der Waals surface area contributed by atoms with Gasteiger partial charge in [-0.3, -0.25) is 10.2 Å². The van der Waals surface area contributed by atoms with Gasteiger partial charge in [0.2, 0.25) is 0 Å². The van der Waals surface area contributed by atoms with Gasteiger partial charge >= 0.3 is 29.6 Å². The van der Waals surface area contributed by atoms with Gasteiger partial charge in [-0.05, 0) is 12.1 Å². The normalized spacial score (nSPS) is 7.71. The van der Waals surface area contributed by atoms with E-state index in [0.717, 1.165) is 5.52 Å². The quantitative estimate of drug-likeness (QED) is 0.456. The van der Waals surface area contributed by atoms with Crippen LogP contribution in [0, 0.1) is 11.2 Å². The molecule has 64 valence electrons. The average Bonchev–Trinajstić information content (AvgIpc) is 2.19. The van der Waals surface area contributed by atoms with Crippen molar-refractivity contribution in [1.82, 2.24) is 4.98 Å². The van der Waals surface area contributed by atoms with E-state index in [-0.39, 0.29) is 37.4 Å². The molecular formula is C10H10BN2Na. The standard InChI is InChI=1S/C9H7N.CH3BN.Na/c1-2-6-9-8(4-1)5-3-7-10-9;2-1-3;/h1-7H;2H3;/q;-1;+1. The molecule has 0 fully saturated rings. The minimum atomic E-state index is 0. The van der Waals surface area contributed by atoms with Crippen molar-refractivity contribution >= 4 is 18.7 Å². The monoisotopic (exact) mass is 192 g/mol. The second-order valence-corrected chi connectivity index (χ2v) is 2.20. The van der Waals surface area contributed by atoms with Crippen LogP contribution in [0.5, 0.6) is 0 Å². The van der Waals surface area contributed by atoms with Crippen molar-refractivity contribution in [2.45, 2.75) is 0 Å². The zero-order chi connectivity index (χ0) is 9.52. The SMILES string of the molecule is [BH3-]C#N.[Na+].c1ccc2ncccc2c1. The third kappa shape index (κ3) is 3.93. The number of aromatic nitrogens is 1. The van der Waals surface area contributed by atoms with E-state index in [1.165, 1.54) is 5.39 Å². The van der Waals surface area contributed by atoms with Gasteiger partial charge in [0, 0.05) is 11.6 Å². The van der Waals surface area contributed by atoms with Crippen LogP contribution in [0.1, 0.15) is 0 Å². The summed E-state index contributed by atoms with van der Waals surface area (Å²) in [5.74, 6) is 2.00. The predicted octanol–water partition coefficient (Wildman–Crippen LogP) is -1.93. The Labute approximate surface area is 107 Å². The first-order chi connectivity index (χ1) is 6.38. The Hall–Kier alpha value is -0.815. The van der Waals surface area contributed by atoms with E-state index < -0.39 is 0 Å². The zero-order valence-electron chi connectivity index (χ0n) is 7.44. The maximum absolute atomic E-state index is 7.43. The summed E-state index contributed by atoms with van der Waals surface area (Å²) < 4.78 is 0. The third-order valence-corrected chi connectivity index (χ3v) is 1.51. The Morgan fingerprint density at radius 2 is 1.71 bits per heavy atom. The van der Waals surface area contributed by atoms with Crippen LogP contribution in [0.3, 0.4) is 0 Å². The molecule has 0 aliphatic rings. The van der Waals surface area contributed by atoms with Crippen molar-refractivity contribution in [2.75, 3.05) is 0 Å². The molecule has 1 aromatic heterocycles. The van der Waals surface area contributed by atoms with Crippen LogP contribution in [0.2, 0.25) is 0 Å². The molecule has 0 aliphatic carbocycles. The Morgan fingerprint density at radius 1 is 1.14 bits per heavy atom. The van der Waals surface area contributed by atoms with E-state index in [1.807, 2.05) is 36.4 Å². The van der Waals surface area contributed by atoms with E-state index in [9.17, 15) is 0 Å². The second-order valence-electron chi connectivity index (χ2n) is 2.20. The fraction of sp³-hybridized carbons (Fsp3) is 0. The van der Waals surface area contributed by atoms with Gasteiger partial charge in [0.25, 0.3) is 0 Å². The molecule has 0 N–H and O–H groups in total. The van der Waals surface area contributed by atoms with Crippen molar-refractivity contribution in [2.24, 2.45) is 0 Å². The number of hydrogen-bond acceptors (Lipinski definition) is 2. The van der Waals surface area contributed by atoms with Crippen LogP contribution in [0.15, 0.2) is 42.6 Å². The molecule has 1 aromatic carbocycles. The fourth-order valence-electron chi connectivity index (χ4n) is 1.02. The van der Waals surface area contributed by atoms with Crippen molar-refractivity contribution in [3.05, 3.63) is 42.6 Å². The van der Waals surface area contributed by atoms with E-state index >= 15 is 0 Å². The molecule has 0 amide bonds. The smallest absolute Gasteiger partial charge is 0.256 e. The molecule has 0 bridgehead atoms. The summed E-state index contributed by atoms with van der Waals surface area (Å²) in [6, 6.07) is 12.1. The van der Waals surface area contributed by atoms with Gasteiger partial charge in [-0.2, -0.15) is 5.97 Å². The largest absolute Gasteiger partial charge is 1.00 e. The van der Waals surface area contributed by atoms with Crippen LogP contribution < -0.4 is 29.6 Å². The van der Waals surface area contributed by atoms with Gasteiger partial charge in [-0.25, -0.2) is 0 Å². The molecule has 2 aromatic rings. The van der Waals surface area contributed by atoms with Crippen molar-refractivity contribution < 1.29 is 29.6 Å². The summed E-state index contributed by atoms with van der Waals surface area (Å²) in [7, 11) is 0.0694. The number of para-hydroxylation sites is 1. The summed E-state index contributed by atoms with van der Waals surface area (Å²) in [5, 5.41) is 8.63. The van der Waals surface area contributed by atoms with E-state index in [1.54, 1.807) is 0 Å². The van der Waals surface area contributed by atoms with Crippen molar-refractivity contribution in [3.8, 4) is 5.97 Å². The molecule has 1 heterocycles. The van der Waals surface area contributed by atoms with Gasteiger partial charge in [0.15, 0.2) is 0 Å². The number of pyridine rings is 1. The number of nitrogens with zero attached hydrogens (tertiary/aromatic N) is 2. The van der Waals surface area contributed by atoms with E-state index in [4.69, 9.17) is 5.26 Å². The molecule has 4 heteroatoms. The Morgan fingerprint density at radius 3 is 2.36 bits per heavy atom. The van der Waals surface area contributed by atoms with Crippen LogP contribution in [-0.2, 0) is 0 Å². The molecule has 2 rings (SSSR count). The topological polar surface area (TPSA) is 36.7 Å². The van der Waals surface area contributed by atoms with Gasteiger partial charge in [-0.15, -0.1) is 0 Å². The number of rotatable bonds is 0. The first-order valence-corrected chi connectivity index (χ1v) is 3.49. The van der Waals surface area contributed by atoms with E-state index in [0.29, 0.717) is 0 Å². The summed E-state index contributed by atoms with van der Waals surface area (Å²) in [4.78, 5) is 4.18. The van der Waals surface area contributed by atoms with E-state index in [2.05, 4.69) is 17.1 Å². The third-order valence-electron chi connectivity index (χ3n) is 1.51. The second kappa shape index (κ2) is 7.58. The summed E-state index contributed by atoms with van der Waals surface area (Å²) in [5.41, 5.74) is 1.06. The fourth-order valence-corrected chi connectivity index (χ4v) is 1.02. The summed E-state index contributed by atoms with van der Waals surface area (Å²) in [6.07, 6.45) is 1.81. The van der Waals surface area contributed by atoms with Crippen molar-refractivity contribution in [1.29, 1.82) is 5.26 Å². The predicted molar refractivity (Wildman–Crippen MR) is 57.3 cm³/mol. The molecule has 0 unspecified atom stereocenters. The first-order valence-electron chi connectivity index (χ1n) is 3.49. The van der Waals surface area contributed by atoms with Gasteiger partial charge in [0.1, 0.15) is 0 Å². The molecule has 0 spiro atoms. The maximum atomic E-state index is 7.43. The summed E-state index contributed by atoms with van der Waals surface area (Å²) in [6.45, 7) is 0. The average molecular weight is 192 g/mol. The molecule has 0 saturated heterocycles. The maximum Gasteiger partial charge on any atom is 1.00 e. The van der Waals surface area contributed by atoms with Gasteiger partial charge in [-0.1, -0.05) is 24.3 Å².